The number of aromatic nitrogens is 1. The Labute approximate surface area is 96.2 Å². The Hall–Kier alpha value is -2.07. The van der Waals surface area contributed by atoms with Gasteiger partial charge in [0.15, 0.2) is 0 Å². The number of benzene rings is 1. The van der Waals surface area contributed by atoms with Gasteiger partial charge in [-0.3, -0.25) is 4.98 Å². The molecule has 0 saturated heterocycles. The van der Waals surface area contributed by atoms with E-state index in [0.29, 0.717) is 0 Å². The molecule has 0 amide bonds. The topological polar surface area (TPSA) is 12.9 Å². The highest BCUT2D eigenvalue weighted by molar-refractivity contribution is 5.42. The number of hydrogen-bond donors (Lipinski definition) is 0. The first-order valence-corrected chi connectivity index (χ1v) is 5.39. The summed E-state index contributed by atoms with van der Waals surface area (Å²) in [5.41, 5.74) is 3.32. The number of pyridine rings is 1. The van der Waals surface area contributed by atoms with Crippen LogP contribution in [0.15, 0.2) is 48.8 Å². The van der Waals surface area contributed by atoms with Crippen LogP contribution < -0.4 is 0 Å². The fourth-order valence-corrected chi connectivity index (χ4v) is 1.45. The third kappa shape index (κ3) is 2.71. The van der Waals surface area contributed by atoms with Gasteiger partial charge in [-0.1, -0.05) is 30.9 Å². The van der Waals surface area contributed by atoms with Gasteiger partial charge in [0.25, 0.3) is 0 Å². The number of aryl methyl sites for hydroxylation is 1. The van der Waals surface area contributed by atoms with E-state index in [4.69, 9.17) is 0 Å². The molecule has 1 aromatic carbocycles. The summed E-state index contributed by atoms with van der Waals surface area (Å²) in [5, 5.41) is 0. The summed E-state index contributed by atoms with van der Waals surface area (Å²) in [6, 6.07) is 12.2. The first-order valence-electron chi connectivity index (χ1n) is 5.39. The monoisotopic (exact) mass is 207 g/mol. The third-order valence-electron chi connectivity index (χ3n) is 2.35. The zero-order valence-electron chi connectivity index (χ0n) is 9.27. The molecule has 0 bridgehead atoms. The molecule has 0 radical (unpaired) electrons. The number of nitrogens with zero attached hydrogens (tertiary/aromatic N) is 1. The maximum absolute atomic E-state index is 4.03. The second kappa shape index (κ2) is 5.14. The van der Waals surface area contributed by atoms with Crippen molar-refractivity contribution in [3.63, 3.8) is 0 Å². The minimum absolute atomic E-state index is 0.949. The number of rotatable bonds is 1. The lowest BCUT2D eigenvalue weighted by Gasteiger charge is -1.95. The highest BCUT2D eigenvalue weighted by Gasteiger charge is 1.90. The zero-order chi connectivity index (χ0) is 11.2. The van der Waals surface area contributed by atoms with Crippen LogP contribution in [0.3, 0.4) is 0 Å². The summed E-state index contributed by atoms with van der Waals surface area (Å²) >= 11 is 0. The Kier molecular flexibility index (Phi) is 3.35. The average Bonchev–Trinajstić information content (AvgIpc) is 2.38. The molecule has 1 aromatic heterocycles. The Morgan fingerprint density at radius 2 is 1.88 bits per heavy atom. The van der Waals surface area contributed by atoms with Crippen LogP contribution in [-0.4, -0.2) is 4.98 Å². The second-order valence-electron chi connectivity index (χ2n) is 3.55. The Bertz CT molecular complexity index is 518. The van der Waals surface area contributed by atoms with Gasteiger partial charge in [-0.25, -0.2) is 0 Å². The summed E-state index contributed by atoms with van der Waals surface area (Å²) in [7, 11) is 0. The molecule has 2 rings (SSSR count). The van der Waals surface area contributed by atoms with E-state index < -0.39 is 0 Å². The predicted molar refractivity (Wildman–Crippen MR) is 66.0 cm³/mol. The fourth-order valence-electron chi connectivity index (χ4n) is 1.45. The van der Waals surface area contributed by atoms with E-state index in [1.54, 1.807) is 12.4 Å². The van der Waals surface area contributed by atoms with Crippen molar-refractivity contribution >= 4 is 0 Å². The minimum atomic E-state index is 0.949. The first kappa shape index (κ1) is 10.4. The van der Waals surface area contributed by atoms with Crippen molar-refractivity contribution in [3.05, 3.63) is 65.5 Å². The van der Waals surface area contributed by atoms with Crippen LogP contribution in [0.5, 0.6) is 0 Å². The first-order chi connectivity index (χ1) is 7.88. The van der Waals surface area contributed by atoms with Gasteiger partial charge < -0.3 is 0 Å². The maximum Gasteiger partial charge on any atom is 0.0432 e. The molecule has 1 nitrogen and oxygen atoms in total. The summed E-state index contributed by atoms with van der Waals surface area (Å²) < 4.78 is 0. The SMILES string of the molecule is CCc1cccc(C#Cc2cccnc2)c1. The highest BCUT2D eigenvalue weighted by atomic mass is 14.6. The minimum Gasteiger partial charge on any atom is -0.263 e. The second-order valence-corrected chi connectivity index (χ2v) is 3.55. The molecule has 1 heterocycles. The summed E-state index contributed by atoms with van der Waals surface area (Å²) in [6.45, 7) is 2.15. The van der Waals surface area contributed by atoms with Crippen LogP contribution in [0.25, 0.3) is 0 Å². The molecular weight excluding hydrogens is 194 g/mol. The smallest absolute Gasteiger partial charge is 0.0432 e. The van der Waals surface area contributed by atoms with Crippen LogP contribution in [0.1, 0.15) is 23.6 Å². The van der Waals surface area contributed by atoms with Crippen molar-refractivity contribution < 1.29 is 0 Å². The van der Waals surface area contributed by atoms with E-state index >= 15 is 0 Å². The lowest BCUT2D eigenvalue weighted by molar-refractivity contribution is 1.14. The van der Waals surface area contributed by atoms with E-state index in [-0.39, 0.29) is 0 Å². The Balaban J connectivity index is 2.24. The lowest BCUT2D eigenvalue weighted by atomic mass is 10.1. The summed E-state index contributed by atoms with van der Waals surface area (Å²) in [4.78, 5) is 4.03. The Morgan fingerprint density at radius 3 is 2.62 bits per heavy atom. The van der Waals surface area contributed by atoms with Crippen LogP contribution in [0.4, 0.5) is 0 Å². The van der Waals surface area contributed by atoms with Gasteiger partial charge in [0, 0.05) is 23.5 Å². The van der Waals surface area contributed by atoms with Gasteiger partial charge in [0.2, 0.25) is 0 Å². The van der Waals surface area contributed by atoms with Crippen LogP contribution in [0, 0.1) is 11.8 Å². The number of hydrogen-bond acceptors (Lipinski definition) is 1. The van der Waals surface area contributed by atoms with Gasteiger partial charge in [-0.15, -0.1) is 0 Å². The molecule has 0 spiro atoms. The van der Waals surface area contributed by atoms with Crippen molar-refractivity contribution in [1.29, 1.82) is 0 Å². The highest BCUT2D eigenvalue weighted by Crippen LogP contribution is 2.04. The zero-order valence-corrected chi connectivity index (χ0v) is 9.27. The maximum atomic E-state index is 4.03. The van der Waals surface area contributed by atoms with Gasteiger partial charge in [0.1, 0.15) is 0 Å². The Morgan fingerprint density at radius 1 is 1.06 bits per heavy atom. The van der Waals surface area contributed by atoms with Gasteiger partial charge >= 0.3 is 0 Å². The van der Waals surface area contributed by atoms with Crippen molar-refractivity contribution in [2.45, 2.75) is 13.3 Å². The van der Waals surface area contributed by atoms with Crippen LogP contribution in [0.2, 0.25) is 0 Å². The van der Waals surface area contributed by atoms with Crippen molar-refractivity contribution in [2.75, 3.05) is 0 Å². The van der Waals surface area contributed by atoms with Crippen molar-refractivity contribution in [2.24, 2.45) is 0 Å². The molecule has 0 saturated carbocycles. The molecule has 0 aliphatic heterocycles. The van der Waals surface area contributed by atoms with Crippen LogP contribution >= 0.6 is 0 Å². The van der Waals surface area contributed by atoms with E-state index in [2.05, 4.69) is 35.9 Å². The van der Waals surface area contributed by atoms with Gasteiger partial charge in [0.05, 0.1) is 0 Å². The molecule has 78 valence electrons. The quantitative estimate of drug-likeness (QED) is 0.655. The molecule has 16 heavy (non-hydrogen) atoms. The molecule has 0 aliphatic carbocycles. The lowest BCUT2D eigenvalue weighted by Crippen LogP contribution is -1.81. The fraction of sp³-hybridized carbons (Fsp3) is 0.133. The predicted octanol–water partition coefficient (Wildman–Crippen LogP) is 3.04. The molecular formula is C15H13N. The summed E-state index contributed by atoms with van der Waals surface area (Å²) in [6.07, 6.45) is 4.57. The van der Waals surface area contributed by atoms with Gasteiger partial charge in [-0.2, -0.15) is 0 Å². The average molecular weight is 207 g/mol. The summed E-state index contributed by atoms with van der Waals surface area (Å²) in [5.74, 6) is 6.25. The molecule has 0 aliphatic rings. The molecule has 0 unspecified atom stereocenters. The molecule has 0 fully saturated rings. The van der Waals surface area contributed by atoms with Crippen molar-refractivity contribution in [3.8, 4) is 11.8 Å². The largest absolute Gasteiger partial charge is 0.263 e. The van der Waals surface area contributed by atoms with Crippen LogP contribution in [-0.2, 0) is 6.42 Å². The van der Waals surface area contributed by atoms with E-state index in [1.807, 2.05) is 24.3 Å². The van der Waals surface area contributed by atoms with E-state index in [9.17, 15) is 0 Å². The molecule has 0 atom stereocenters. The third-order valence-corrected chi connectivity index (χ3v) is 2.35. The van der Waals surface area contributed by atoms with Crippen molar-refractivity contribution in [1.82, 2.24) is 4.98 Å². The molecule has 2 aromatic rings. The normalized spacial score (nSPS) is 9.31. The standard InChI is InChI=1S/C15H13N/c1-2-13-5-3-6-14(11-13)8-9-15-7-4-10-16-12-15/h3-7,10-12H,2H2,1H3. The van der Waals surface area contributed by atoms with E-state index in [1.165, 1.54) is 5.56 Å². The molecule has 1 heteroatoms. The van der Waals surface area contributed by atoms with Gasteiger partial charge in [-0.05, 0) is 36.2 Å². The molecule has 0 N–H and O–H groups in total. The van der Waals surface area contributed by atoms with E-state index in [0.717, 1.165) is 17.5 Å².